The number of ether oxygens (including phenoxy) is 1. The molecule has 1 aromatic carbocycles. The molecule has 0 unspecified atom stereocenters. The van der Waals surface area contributed by atoms with Crippen molar-refractivity contribution in [1.82, 2.24) is 5.32 Å². The van der Waals surface area contributed by atoms with Crippen LogP contribution in [0.1, 0.15) is 25.3 Å². The van der Waals surface area contributed by atoms with Crippen LogP contribution in [0.5, 0.6) is 0 Å². The number of rotatable bonds is 6. The lowest BCUT2D eigenvalue weighted by Crippen LogP contribution is -2.31. The van der Waals surface area contributed by atoms with Crippen molar-refractivity contribution in [2.24, 2.45) is 5.92 Å². The predicted octanol–water partition coefficient (Wildman–Crippen LogP) is 2.80. The van der Waals surface area contributed by atoms with Crippen LogP contribution in [-0.2, 0) is 11.3 Å². The van der Waals surface area contributed by atoms with Crippen LogP contribution in [0, 0.1) is 11.7 Å². The third kappa shape index (κ3) is 3.93. The highest BCUT2D eigenvalue weighted by Crippen LogP contribution is 2.26. The van der Waals surface area contributed by atoms with Crippen molar-refractivity contribution in [2.45, 2.75) is 26.3 Å². The molecule has 0 spiro atoms. The van der Waals surface area contributed by atoms with Crippen LogP contribution in [-0.4, -0.2) is 33.4 Å². The Kier molecular flexibility index (Phi) is 5.80. The predicted molar refractivity (Wildman–Crippen MR) is 80.6 cm³/mol. The minimum atomic E-state index is -0.130. The number of hydrogen-bond donors (Lipinski definition) is 1. The first-order valence-corrected chi connectivity index (χ1v) is 7.49. The van der Waals surface area contributed by atoms with Gasteiger partial charge in [0.05, 0.1) is 5.69 Å². The molecule has 0 saturated carbocycles. The summed E-state index contributed by atoms with van der Waals surface area (Å²) in [5, 5.41) is 3.28. The highest BCUT2D eigenvalue weighted by atomic mass is 19.1. The van der Waals surface area contributed by atoms with Crippen molar-refractivity contribution in [1.29, 1.82) is 0 Å². The van der Waals surface area contributed by atoms with Gasteiger partial charge < -0.3 is 15.0 Å². The summed E-state index contributed by atoms with van der Waals surface area (Å²) in [7, 11) is 1.99. The van der Waals surface area contributed by atoms with E-state index in [2.05, 4.69) is 17.1 Å². The number of para-hydroxylation sites is 1. The molecule has 0 bridgehead atoms. The normalized spacial score (nSPS) is 16.4. The van der Waals surface area contributed by atoms with Gasteiger partial charge in [-0.05, 0) is 36.9 Å². The maximum atomic E-state index is 14.2. The Hall–Kier alpha value is -1.13. The van der Waals surface area contributed by atoms with Crippen LogP contribution in [0.15, 0.2) is 18.2 Å². The Morgan fingerprint density at radius 3 is 2.80 bits per heavy atom. The van der Waals surface area contributed by atoms with Gasteiger partial charge in [-0.25, -0.2) is 4.39 Å². The molecule has 1 aliphatic rings. The molecular formula is C16H25FN2O. The third-order valence-corrected chi connectivity index (χ3v) is 3.89. The van der Waals surface area contributed by atoms with E-state index in [1.165, 1.54) is 0 Å². The monoisotopic (exact) mass is 280 g/mol. The molecule has 0 atom stereocenters. The molecule has 0 aromatic heterocycles. The Labute approximate surface area is 121 Å². The summed E-state index contributed by atoms with van der Waals surface area (Å²) in [5.41, 5.74) is 1.77. The van der Waals surface area contributed by atoms with E-state index in [1.807, 2.05) is 13.1 Å². The topological polar surface area (TPSA) is 24.5 Å². The number of nitrogens with zero attached hydrogens (tertiary/aromatic N) is 1. The van der Waals surface area contributed by atoms with Crippen LogP contribution in [0.4, 0.5) is 10.1 Å². The fourth-order valence-electron chi connectivity index (χ4n) is 2.80. The highest BCUT2D eigenvalue weighted by molar-refractivity contribution is 5.54. The number of anilines is 1. The molecule has 1 aromatic rings. The van der Waals surface area contributed by atoms with E-state index < -0.39 is 0 Å². The van der Waals surface area contributed by atoms with Crippen LogP contribution in [0.3, 0.4) is 0 Å². The third-order valence-electron chi connectivity index (χ3n) is 3.89. The van der Waals surface area contributed by atoms with Crippen molar-refractivity contribution in [3.8, 4) is 0 Å². The molecule has 4 heteroatoms. The molecule has 1 aliphatic heterocycles. The van der Waals surface area contributed by atoms with Gasteiger partial charge >= 0.3 is 0 Å². The van der Waals surface area contributed by atoms with Gasteiger partial charge in [-0.1, -0.05) is 19.1 Å². The Balaban J connectivity index is 2.08. The zero-order valence-corrected chi connectivity index (χ0v) is 12.5. The lowest BCUT2D eigenvalue weighted by molar-refractivity contribution is 0.0685. The van der Waals surface area contributed by atoms with Gasteiger partial charge in [-0.15, -0.1) is 0 Å². The van der Waals surface area contributed by atoms with Crippen molar-refractivity contribution in [3.63, 3.8) is 0 Å². The van der Waals surface area contributed by atoms with E-state index in [1.54, 1.807) is 12.1 Å². The summed E-state index contributed by atoms with van der Waals surface area (Å²) in [6.45, 7) is 6.22. The van der Waals surface area contributed by atoms with Crippen LogP contribution < -0.4 is 10.2 Å². The molecule has 1 fully saturated rings. The van der Waals surface area contributed by atoms with Crippen LogP contribution in [0.2, 0.25) is 0 Å². The molecule has 1 heterocycles. The van der Waals surface area contributed by atoms with Gasteiger partial charge in [-0.2, -0.15) is 0 Å². The molecule has 0 aliphatic carbocycles. The van der Waals surface area contributed by atoms with E-state index in [0.29, 0.717) is 12.5 Å². The fourth-order valence-corrected chi connectivity index (χ4v) is 2.80. The molecular weight excluding hydrogens is 255 g/mol. The van der Waals surface area contributed by atoms with Gasteiger partial charge in [0.25, 0.3) is 0 Å². The summed E-state index contributed by atoms with van der Waals surface area (Å²) in [6.07, 6.45) is 2.14. The standard InChI is InChI=1S/C16H25FN2O/c1-3-18-11-14-5-4-6-15(17)16(14)19(2)12-13-7-9-20-10-8-13/h4-6,13,18H,3,7-12H2,1-2H3. The van der Waals surface area contributed by atoms with Gasteiger partial charge in [0.15, 0.2) is 0 Å². The molecule has 1 saturated heterocycles. The number of nitrogens with one attached hydrogen (secondary N) is 1. The van der Waals surface area contributed by atoms with E-state index in [0.717, 1.165) is 50.4 Å². The maximum absolute atomic E-state index is 14.2. The average Bonchev–Trinajstić information content (AvgIpc) is 2.46. The Morgan fingerprint density at radius 1 is 1.35 bits per heavy atom. The Morgan fingerprint density at radius 2 is 2.10 bits per heavy atom. The second kappa shape index (κ2) is 7.60. The van der Waals surface area contributed by atoms with Crippen molar-refractivity contribution >= 4 is 5.69 Å². The number of benzene rings is 1. The van der Waals surface area contributed by atoms with Crippen LogP contribution in [0.25, 0.3) is 0 Å². The second-order valence-corrected chi connectivity index (χ2v) is 5.46. The second-order valence-electron chi connectivity index (χ2n) is 5.46. The zero-order chi connectivity index (χ0) is 14.4. The minimum absolute atomic E-state index is 0.130. The van der Waals surface area contributed by atoms with E-state index in [-0.39, 0.29) is 5.82 Å². The summed E-state index contributed by atoms with van der Waals surface area (Å²) in [5.74, 6) is 0.468. The lowest BCUT2D eigenvalue weighted by Gasteiger charge is -2.30. The SMILES string of the molecule is CCNCc1cccc(F)c1N(C)CC1CCOCC1. The highest BCUT2D eigenvalue weighted by Gasteiger charge is 2.19. The van der Waals surface area contributed by atoms with Crippen molar-refractivity contribution in [3.05, 3.63) is 29.6 Å². The quantitative estimate of drug-likeness (QED) is 0.867. The smallest absolute Gasteiger partial charge is 0.146 e. The molecule has 0 amide bonds. The van der Waals surface area contributed by atoms with E-state index in [4.69, 9.17) is 4.74 Å². The molecule has 3 nitrogen and oxygen atoms in total. The summed E-state index contributed by atoms with van der Waals surface area (Å²) >= 11 is 0. The first-order valence-electron chi connectivity index (χ1n) is 7.49. The van der Waals surface area contributed by atoms with E-state index >= 15 is 0 Å². The minimum Gasteiger partial charge on any atom is -0.381 e. The zero-order valence-electron chi connectivity index (χ0n) is 12.5. The van der Waals surface area contributed by atoms with Crippen molar-refractivity contribution in [2.75, 3.05) is 38.3 Å². The first kappa shape index (κ1) is 15.3. The summed E-state index contributed by atoms with van der Waals surface area (Å²) in [4.78, 5) is 2.07. The lowest BCUT2D eigenvalue weighted by atomic mass is 9.99. The summed E-state index contributed by atoms with van der Waals surface area (Å²) in [6, 6.07) is 5.33. The Bertz CT molecular complexity index is 419. The molecule has 0 radical (unpaired) electrons. The van der Waals surface area contributed by atoms with Gasteiger partial charge in [0.1, 0.15) is 5.82 Å². The largest absolute Gasteiger partial charge is 0.381 e. The number of halogens is 1. The van der Waals surface area contributed by atoms with Crippen LogP contribution >= 0.6 is 0 Å². The molecule has 1 N–H and O–H groups in total. The summed E-state index contributed by atoms with van der Waals surface area (Å²) < 4.78 is 19.6. The van der Waals surface area contributed by atoms with Gasteiger partial charge in [0.2, 0.25) is 0 Å². The number of hydrogen-bond acceptors (Lipinski definition) is 3. The molecule has 2 rings (SSSR count). The molecule has 20 heavy (non-hydrogen) atoms. The average molecular weight is 280 g/mol. The fraction of sp³-hybridized carbons (Fsp3) is 0.625. The maximum Gasteiger partial charge on any atom is 0.146 e. The van der Waals surface area contributed by atoms with Gasteiger partial charge in [0, 0.05) is 33.4 Å². The van der Waals surface area contributed by atoms with Gasteiger partial charge in [-0.3, -0.25) is 0 Å². The molecule has 112 valence electrons. The first-order chi connectivity index (χ1) is 9.72. The van der Waals surface area contributed by atoms with Crippen molar-refractivity contribution < 1.29 is 9.13 Å². The van der Waals surface area contributed by atoms with E-state index in [9.17, 15) is 4.39 Å².